The van der Waals surface area contributed by atoms with Crippen molar-refractivity contribution in [1.82, 2.24) is 30.4 Å². The monoisotopic (exact) mass is 334 g/mol. The maximum atomic E-state index is 12.9. The Morgan fingerprint density at radius 3 is 2.88 bits per heavy atom. The molecule has 1 N–H and O–H groups in total. The summed E-state index contributed by atoms with van der Waals surface area (Å²) < 4.78 is 7.19. The summed E-state index contributed by atoms with van der Waals surface area (Å²) in [6.07, 6.45) is 5.77. The van der Waals surface area contributed by atoms with Crippen LogP contribution in [-0.4, -0.2) is 56.9 Å². The SMILES string of the molecule is CC(NC(=O)N1CC2(CCOCC2)[C@@H]2CCC[C@@H]21)c1nnnn1C. The molecule has 0 bridgehead atoms. The van der Waals surface area contributed by atoms with Gasteiger partial charge in [-0.2, -0.15) is 0 Å². The van der Waals surface area contributed by atoms with Gasteiger partial charge in [0.15, 0.2) is 5.82 Å². The summed E-state index contributed by atoms with van der Waals surface area (Å²) in [7, 11) is 1.79. The fourth-order valence-electron chi connectivity index (χ4n) is 5.07. The van der Waals surface area contributed by atoms with Crippen molar-refractivity contribution in [1.29, 1.82) is 0 Å². The van der Waals surface area contributed by atoms with E-state index in [1.165, 1.54) is 12.8 Å². The number of amides is 2. The highest BCUT2D eigenvalue weighted by molar-refractivity contribution is 5.75. The zero-order chi connectivity index (χ0) is 16.7. The van der Waals surface area contributed by atoms with E-state index in [4.69, 9.17) is 4.74 Å². The molecular weight excluding hydrogens is 308 g/mol. The average molecular weight is 334 g/mol. The van der Waals surface area contributed by atoms with Crippen LogP contribution in [0.5, 0.6) is 0 Å². The van der Waals surface area contributed by atoms with E-state index >= 15 is 0 Å². The third kappa shape index (κ3) is 2.47. The largest absolute Gasteiger partial charge is 0.381 e. The number of fused-ring (bicyclic) bond motifs is 2. The second-order valence-corrected chi connectivity index (χ2v) is 7.54. The minimum atomic E-state index is -0.205. The number of hydrogen-bond acceptors (Lipinski definition) is 5. The molecule has 0 radical (unpaired) electrons. The summed E-state index contributed by atoms with van der Waals surface area (Å²) >= 11 is 0. The Bertz CT molecular complexity index is 611. The van der Waals surface area contributed by atoms with Crippen LogP contribution in [0.2, 0.25) is 0 Å². The first kappa shape index (κ1) is 15.8. The van der Waals surface area contributed by atoms with Gasteiger partial charge in [0, 0.05) is 32.8 Å². The highest BCUT2D eigenvalue weighted by Gasteiger charge is 2.55. The lowest BCUT2D eigenvalue weighted by molar-refractivity contribution is -0.000426. The lowest BCUT2D eigenvalue weighted by atomic mass is 9.71. The predicted octanol–water partition coefficient (Wildman–Crippen LogP) is 1.26. The number of aryl methyl sites for hydroxylation is 1. The molecule has 8 nitrogen and oxygen atoms in total. The summed E-state index contributed by atoms with van der Waals surface area (Å²) in [5, 5.41) is 14.6. The zero-order valence-corrected chi connectivity index (χ0v) is 14.4. The van der Waals surface area contributed by atoms with Gasteiger partial charge in [-0.1, -0.05) is 6.42 Å². The van der Waals surface area contributed by atoms with Crippen LogP contribution in [0.1, 0.15) is 50.9 Å². The van der Waals surface area contributed by atoms with E-state index in [9.17, 15) is 4.79 Å². The van der Waals surface area contributed by atoms with Crippen LogP contribution >= 0.6 is 0 Å². The predicted molar refractivity (Wildman–Crippen MR) is 86.1 cm³/mol. The maximum Gasteiger partial charge on any atom is 0.318 e. The molecule has 3 aliphatic rings. The van der Waals surface area contributed by atoms with Gasteiger partial charge in [0.1, 0.15) is 0 Å². The van der Waals surface area contributed by atoms with Crippen LogP contribution in [0, 0.1) is 11.3 Å². The van der Waals surface area contributed by atoms with Crippen LogP contribution in [0.4, 0.5) is 4.79 Å². The van der Waals surface area contributed by atoms with Crippen molar-refractivity contribution in [2.45, 2.75) is 51.1 Å². The number of aromatic nitrogens is 4. The van der Waals surface area contributed by atoms with E-state index in [1.54, 1.807) is 11.7 Å². The highest BCUT2D eigenvalue weighted by atomic mass is 16.5. The minimum Gasteiger partial charge on any atom is -0.381 e. The summed E-state index contributed by atoms with van der Waals surface area (Å²) in [6.45, 7) is 4.46. The molecule has 3 heterocycles. The first-order valence-electron chi connectivity index (χ1n) is 8.98. The molecule has 4 rings (SSSR count). The third-order valence-electron chi connectivity index (χ3n) is 6.28. The minimum absolute atomic E-state index is 0.0192. The molecule has 1 spiro atoms. The Hall–Kier alpha value is -1.70. The number of hydrogen-bond donors (Lipinski definition) is 1. The number of carbonyl (C=O) groups is 1. The van der Waals surface area contributed by atoms with Crippen molar-refractivity contribution in [3.8, 4) is 0 Å². The van der Waals surface area contributed by atoms with Gasteiger partial charge in [-0.3, -0.25) is 0 Å². The van der Waals surface area contributed by atoms with E-state index < -0.39 is 0 Å². The van der Waals surface area contributed by atoms with E-state index in [0.29, 0.717) is 17.8 Å². The van der Waals surface area contributed by atoms with Gasteiger partial charge >= 0.3 is 6.03 Å². The second-order valence-electron chi connectivity index (χ2n) is 7.54. The zero-order valence-electron chi connectivity index (χ0n) is 14.4. The first-order chi connectivity index (χ1) is 11.6. The van der Waals surface area contributed by atoms with Gasteiger partial charge in [-0.05, 0) is 54.4 Å². The van der Waals surface area contributed by atoms with Gasteiger partial charge in [-0.25, -0.2) is 9.48 Å². The van der Waals surface area contributed by atoms with Crippen molar-refractivity contribution in [3.63, 3.8) is 0 Å². The number of ether oxygens (including phenoxy) is 1. The normalized spacial score (nSPS) is 29.7. The first-order valence-corrected chi connectivity index (χ1v) is 8.98. The topological polar surface area (TPSA) is 85.2 Å². The smallest absolute Gasteiger partial charge is 0.318 e. The van der Waals surface area contributed by atoms with E-state index in [-0.39, 0.29) is 17.5 Å². The van der Waals surface area contributed by atoms with Crippen LogP contribution in [0.3, 0.4) is 0 Å². The molecule has 8 heteroatoms. The van der Waals surface area contributed by atoms with Crippen molar-refractivity contribution < 1.29 is 9.53 Å². The number of carbonyl (C=O) groups excluding carboxylic acids is 1. The van der Waals surface area contributed by atoms with Crippen LogP contribution in [-0.2, 0) is 11.8 Å². The molecule has 2 aliphatic heterocycles. The number of likely N-dealkylation sites (tertiary alicyclic amines) is 1. The van der Waals surface area contributed by atoms with Gasteiger partial charge in [0.25, 0.3) is 0 Å². The number of rotatable bonds is 2. The van der Waals surface area contributed by atoms with Gasteiger partial charge < -0.3 is 15.0 Å². The third-order valence-corrected chi connectivity index (χ3v) is 6.28. The fourth-order valence-corrected chi connectivity index (χ4v) is 5.07. The Morgan fingerprint density at radius 1 is 1.38 bits per heavy atom. The molecule has 2 amide bonds. The summed E-state index contributed by atoms with van der Waals surface area (Å²) in [4.78, 5) is 15.0. The van der Waals surface area contributed by atoms with Gasteiger partial charge in [0.2, 0.25) is 0 Å². The Balaban J connectivity index is 1.49. The van der Waals surface area contributed by atoms with Crippen molar-refractivity contribution >= 4 is 6.03 Å². The molecule has 1 aromatic heterocycles. The summed E-state index contributed by atoms with van der Waals surface area (Å²) in [6, 6.07) is 0.197. The van der Waals surface area contributed by atoms with E-state index in [2.05, 4.69) is 25.7 Å². The van der Waals surface area contributed by atoms with Crippen LogP contribution in [0.25, 0.3) is 0 Å². The maximum absolute atomic E-state index is 12.9. The Labute approximate surface area is 141 Å². The number of nitrogens with one attached hydrogen (secondary N) is 1. The fraction of sp³-hybridized carbons (Fsp3) is 0.875. The molecule has 1 aliphatic carbocycles. The Morgan fingerprint density at radius 2 is 2.17 bits per heavy atom. The number of nitrogens with zero attached hydrogens (tertiary/aromatic N) is 5. The van der Waals surface area contributed by atoms with Crippen LogP contribution in [0.15, 0.2) is 0 Å². The van der Waals surface area contributed by atoms with Gasteiger partial charge in [-0.15, -0.1) is 5.10 Å². The lowest BCUT2D eigenvalue weighted by Gasteiger charge is -2.37. The van der Waals surface area contributed by atoms with Gasteiger partial charge in [0.05, 0.1) is 6.04 Å². The summed E-state index contributed by atoms with van der Waals surface area (Å²) in [5.74, 6) is 1.31. The number of tetrazole rings is 1. The van der Waals surface area contributed by atoms with Crippen molar-refractivity contribution in [2.75, 3.05) is 19.8 Å². The quantitative estimate of drug-likeness (QED) is 0.880. The van der Waals surface area contributed by atoms with Crippen LogP contribution < -0.4 is 5.32 Å². The molecule has 132 valence electrons. The molecule has 1 saturated carbocycles. The molecule has 1 aromatic rings. The van der Waals surface area contributed by atoms with E-state index in [1.807, 2.05) is 6.92 Å². The molecule has 3 atom stereocenters. The van der Waals surface area contributed by atoms with Crippen molar-refractivity contribution in [3.05, 3.63) is 5.82 Å². The molecule has 1 unspecified atom stereocenters. The van der Waals surface area contributed by atoms with E-state index in [0.717, 1.165) is 39.0 Å². The molecular formula is C16H26N6O2. The number of urea groups is 1. The summed E-state index contributed by atoms with van der Waals surface area (Å²) in [5.41, 5.74) is 0.270. The second kappa shape index (κ2) is 5.98. The molecule has 2 saturated heterocycles. The highest BCUT2D eigenvalue weighted by Crippen LogP contribution is 2.53. The standard InChI is InChI=1S/C16H26N6O2/c1-11(14-18-19-20-21(14)2)17-15(23)22-10-16(6-8-24-9-7-16)12-4-3-5-13(12)22/h11-13H,3-10H2,1-2H3,(H,17,23)/t11?,12-,13+/m1/s1. The molecule has 0 aromatic carbocycles. The average Bonchev–Trinajstić information content (AvgIpc) is 3.26. The molecule has 24 heavy (non-hydrogen) atoms. The lowest BCUT2D eigenvalue weighted by Crippen LogP contribution is -2.45. The Kier molecular flexibility index (Phi) is 3.94. The van der Waals surface area contributed by atoms with Crippen molar-refractivity contribution in [2.24, 2.45) is 18.4 Å². The molecule has 3 fully saturated rings.